The molecule has 0 saturated carbocycles. The second-order valence-corrected chi connectivity index (χ2v) is 6.71. The summed E-state index contributed by atoms with van der Waals surface area (Å²) in [6.45, 7) is 5.98. The van der Waals surface area contributed by atoms with Crippen LogP contribution >= 0.6 is 0 Å². The Morgan fingerprint density at radius 2 is 2.00 bits per heavy atom. The molecule has 1 unspecified atom stereocenters. The Morgan fingerprint density at radius 1 is 1.38 bits per heavy atom. The molecule has 21 heavy (non-hydrogen) atoms. The van der Waals surface area contributed by atoms with Gasteiger partial charge in [-0.15, -0.1) is 0 Å². The summed E-state index contributed by atoms with van der Waals surface area (Å²) in [5, 5.41) is 13.7. The second-order valence-electron chi connectivity index (χ2n) is 4.75. The fraction of sp³-hybridized carbons (Fsp3) is 0.538. The zero-order chi connectivity index (χ0) is 16.2. The summed E-state index contributed by atoms with van der Waals surface area (Å²) in [5.74, 6) is 0. The van der Waals surface area contributed by atoms with Crippen molar-refractivity contribution in [3.8, 4) is 0 Å². The SMILES string of the molecule is CCNc1cc([N+](=O)[O-])ccc1S(=O)(=O)N(C)C(C)CC. The lowest BCUT2D eigenvalue weighted by Crippen LogP contribution is -2.35. The number of benzene rings is 1. The van der Waals surface area contributed by atoms with E-state index < -0.39 is 14.9 Å². The molecule has 1 rings (SSSR count). The lowest BCUT2D eigenvalue weighted by atomic mass is 10.3. The van der Waals surface area contributed by atoms with Crippen LogP contribution in [0.4, 0.5) is 11.4 Å². The molecule has 8 heteroatoms. The summed E-state index contributed by atoms with van der Waals surface area (Å²) in [4.78, 5) is 10.3. The van der Waals surface area contributed by atoms with E-state index >= 15 is 0 Å². The standard InChI is InChI=1S/C13H21N3O4S/c1-5-10(3)15(4)21(19,20)13-8-7-11(16(17)18)9-12(13)14-6-2/h7-10,14H,5-6H2,1-4H3. The van der Waals surface area contributed by atoms with Gasteiger partial charge in [0.1, 0.15) is 4.90 Å². The average Bonchev–Trinajstić information content (AvgIpc) is 2.45. The number of sulfonamides is 1. The van der Waals surface area contributed by atoms with E-state index in [1.54, 1.807) is 6.92 Å². The first-order valence-corrected chi connectivity index (χ1v) is 8.20. The van der Waals surface area contributed by atoms with E-state index in [0.717, 1.165) is 0 Å². The molecule has 0 aliphatic heterocycles. The van der Waals surface area contributed by atoms with Crippen molar-refractivity contribution in [3.05, 3.63) is 28.3 Å². The summed E-state index contributed by atoms with van der Waals surface area (Å²) in [5.41, 5.74) is 0.109. The third-order valence-electron chi connectivity index (χ3n) is 3.41. The van der Waals surface area contributed by atoms with Crippen molar-refractivity contribution < 1.29 is 13.3 Å². The van der Waals surface area contributed by atoms with Gasteiger partial charge >= 0.3 is 0 Å². The maximum absolute atomic E-state index is 12.6. The van der Waals surface area contributed by atoms with Crippen LogP contribution in [0.5, 0.6) is 0 Å². The molecule has 0 heterocycles. The van der Waals surface area contributed by atoms with E-state index in [2.05, 4.69) is 5.32 Å². The van der Waals surface area contributed by atoms with E-state index in [4.69, 9.17) is 0 Å². The average molecular weight is 315 g/mol. The minimum Gasteiger partial charge on any atom is -0.384 e. The minimum absolute atomic E-state index is 0.0535. The number of nitrogens with zero attached hydrogens (tertiary/aromatic N) is 2. The van der Waals surface area contributed by atoms with Gasteiger partial charge in [-0.1, -0.05) is 6.92 Å². The number of nitrogens with one attached hydrogen (secondary N) is 1. The van der Waals surface area contributed by atoms with Crippen LogP contribution in [0.15, 0.2) is 23.1 Å². The van der Waals surface area contributed by atoms with E-state index in [9.17, 15) is 18.5 Å². The van der Waals surface area contributed by atoms with Gasteiger partial charge in [0.15, 0.2) is 0 Å². The third kappa shape index (κ3) is 3.70. The molecule has 1 N–H and O–H groups in total. The smallest absolute Gasteiger partial charge is 0.271 e. The normalized spacial score (nSPS) is 13.2. The summed E-state index contributed by atoms with van der Waals surface area (Å²) < 4.78 is 26.5. The lowest BCUT2D eigenvalue weighted by Gasteiger charge is -2.24. The van der Waals surface area contributed by atoms with Gasteiger partial charge in [0.05, 0.1) is 10.6 Å². The van der Waals surface area contributed by atoms with Crippen LogP contribution in [0, 0.1) is 10.1 Å². The van der Waals surface area contributed by atoms with Gasteiger partial charge < -0.3 is 5.32 Å². The molecule has 0 fully saturated rings. The molecule has 1 aromatic carbocycles. The maximum Gasteiger partial charge on any atom is 0.271 e. The van der Waals surface area contributed by atoms with E-state index in [0.29, 0.717) is 13.0 Å². The third-order valence-corrected chi connectivity index (χ3v) is 5.44. The van der Waals surface area contributed by atoms with Crippen molar-refractivity contribution in [1.29, 1.82) is 0 Å². The molecule has 1 aromatic rings. The highest BCUT2D eigenvalue weighted by Gasteiger charge is 2.28. The second kappa shape index (κ2) is 6.86. The quantitative estimate of drug-likeness (QED) is 0.616. The predicted octanol–water partition coefficient (Wildman–Crippen LogP) is 2.45. The van der Waals surface area contributed by atoms with Crippen molar-refractivity contribution in [2.24, 2.45) is 0 Å². The Labute approximate surface area is 125 Å². The Hall–Kier alpha value is -1.67. The Balaban J connectivity index is 3.37. The molecule has 0 amide bonds. The number of hydrogen-bond acceptors (Lipinski definition) is 5. The van der Waals surface area contributed by atoms with E-state index in [1.165, 1.54) is 29.6 Å². The van der Waals surface area contributed by atoms with Crippen LogP contribution in [0.25, 0.3) is 0 Å². The minimum atomic E-state index is -3.70. The first-order valence-electron chi connectivity index (χ1n) is 6.76. The van der Waals surface area contributed by atoms with Crippen LogP contribution < -0.4 is 5.32 Å². The molecular weight excluding hydrogens is 294 g/mol. The topological polar surface area (TPSA) is 92.5 Å². The summed E-state index contributed by atoms with van der Waals surface area (Å²) >= 11 is 0. The number of non-ortho nitro benzene ring substituents is 1. The summed E-state index contributed by atoms with van der Waals surface area (Å²) in [7, 11) is -2.18. The van der Waals surface area contributed by atoms with Crippen LogP contribution in [-0.2, 0) is 10.0 Å². The summed E-state index contributed by atoms with van der Waals surface area (Å²) in [6.07, 6.45) is 0.680. The highest BCUT2D eigenvalue weighted by atomic mass is 32.2. The zero-order valence-electron chi connectivity index (χ0n) is 12.7. The van der Waals surface area contributed by atoms with Crippen LogP contribution in [0.1, 0.15) is 27.2 Å². The van der Waals surface area contributed by atoms with Gasteiger partial charge in [0.2, 0.25) is 10.0 Å². The van der Waals surface area contributed by atoms with Crippen molar-refractivity contribution in [2.75, 3.05) is 18.9 Å². The molecule has 7 nitrogen and oxygen atoms in total. The monoisotopic (exact) mass is 315 g/mol. The fourth-order valence-electron chi connectivity index (χ4n) is 1.83. The maximum atomic E-state index is 12.6. The first-order chi connectivity index (χ1) is 9.75. The van der Waals surface area contributed by atoms with Crippen LogP contribution in [0.3, 0.4) is 0 Å². The van der Waals surface area contributed by atoms with E-state index in [1.807, 2.05) is 13.8 Å². The Kier molecular flexibility index (Phi) is 5.68. The molecule has 0 radical (unpaired) electrons. The summed E-state index contributed by atoms with van der Waals surface area (Å²) in [6, 6.07) is 3.59. The first kappa shape index (κ1) is 17.4. The largest absolute Gasteiger partial charge is 0.384 e. The van der Waals surface area contributed by atoms with Crippen molar-refractivity contribution in [1.82, 2.24) is 4.31 Å². The number of nitro groups is 1. The molecular formula is C13H21N3O4S. The molecule has 0 saturated heterocycles. The lowest BCUT2D eigenvalue weighted by molar-refractivity contribution is -0.384. The van der Waals surface area contributed by atoms with Gasteiger partial charge in [-0.2, -0.15) is 4.31 Å². The molecule has 1 atom stereocenters. The van der Waals surface area contributed by atoms with Gasteiger partial charge in [0.25, 0.3) is 5.69 Å². The Morgan fingerprint density at radius 3 is 2.48 bits per heavy atom. The molecule has 0 aliphatic carbocycles. The fourth-order valence-corrected chi connectivity index (χ4v) is 3.42. The van der Waals surface area contributed by atoms with Crippen molar-refractivity contribution >= 4 is 21.4 Å². The predicted molar refractivity (Wildman–Crippen MR) is 82.0 cm³/mol. The molecule has 0 bridgehead atoms. The van der Waals surface area contributed by atoms with E-state index in [-0.39, 0.29) is 22.3 Å². The number of rotatable bonds is 7. The number of nitro benzene ring substituents is 1. The highest BCUT2D eigenvalue weighted by Crippen LogP contribution is 2.29. The van der Waals surface area contributed by atoms with Gasteiger partial charge in [-0.05, 0) is 26.3 Å². The Bertz CT molecular complexity index is 616. The highest BCUT2D eigenvalue weighted by molar-refractivity contribution is 7.89. The number of hydrogen-bond donors (Lipinski definition) is 1. The molecule has 0 aliphatic rings. The molecule has 0 spiro atoms. The van der Waals surface area contributed by atoms with Gasteiger partial charge in [-0.3, -0.25) is 10.1 Å². The van der Waals surface area contributed by atoms with Gasteiger partial charge in [0, 0.05) is 31.8 Å². The van der Waals surface area contributed by atoms with Crippen molar-refractivity contribution in [2.45, 2.75) is 38.1 Å². The molecule has 0 aromatic heterocycles. The van der Waals surface area contributed by atoms with Crippen molar-refractivity contribution in [3.63, 3.8) is 0 Å². The van der Waals surface area contributed by atoms with Crippen LogP contribution in [0.2, 0.25) is 0 Å². The van der Waals surface area contributed by atoms with Crippen LogP contribution in [-0.4, -0.2) is 37.3 Å². The molecule has 118 valence electrons. The zero-order valence-corrected chi connectivity index (χ0v) is 13.5. The van der Waals surface area contributed by atoms with Gasteiger partial charge in [-0.25, -0.2) is 8.42 Å². The number of anilines is 1.